The number of methoxy groups -OCH3 is 1. The maximum absolute atomic E-state index is 11.9. The van der Waals surface area contributed by atoms with Crippen molar-refractivity contribution in [1.82, 2.24) is 15.6 Å². The summed E-state index contributed by atoms with van der Waals surface area (Å²) in [5.41, 5.74) is 2.93. The third-order valence-corrected chi connectivity index (χ3v) is 3.55. The van der Waals surface area contributed by atoms with Crippen molar-refractivity contribution in [2.24, 2.45) is 0 Å². The number of carbonyl (C=O) groups is 1. The van der Waals surface area contributed by atoms with E-state index in [-0.39, 0.29) is 18.1 Å². The molecule has 1 aromatic heterocycles. The van der Waals surface area contributed by atoms with Crippen LogP contribution in [0.4, 0.5) is 4.79 Å². The van der Waals surface area contributed by atoms with Gasteiger partial charge in [0, 0.05) is 23.4 Å². The van der Waals surface area contributed by atoms with Crippen LogP contribution >= 0.6 is 0 Å². The minimum Gasteiger partial charge on any atom is -0.496 e. The van der Waals surface area contributed by atoms with Gasteiger partial charge in [-0.05, 0) is 31.5 Å². The monoisotopic (exact) mass is 315 g/mol. The van der Waals surface area contributed by atoms with Crippen LogP contribution in [0.2, 0.25) is 0 Å². The van der Waals surface area contributed by atoms with Crippen molar-refractivity contribution in [2.75, 3.05) is 7.11 Å². The molecule has 3 N–H and O–H groups in total. The van der Waals surface area contributed by atoms with E-state index < -0.39 is 0 Å². The summed E-state index contributed by atoms with van der Waals surface area (Å²) in [6.07, 6.45) is 0. The summed E-state index contributed by atoms with van der Waals surface area (Å²) in [5.74, 6) is 0.721. The molecule has 0 spiro atoms. The number of aromatic nitrogens is 1. The number of H-pyrrole nitrogens is 1. The number of urea groups is 1. The Morgan fingerprint density at radius 2 is 1.87 bits per heavy atom. The number of amides is 2. The van der Waals surface area contributed by atoms with Gasteiger partial charge in [0.05, 0.1) is 13.7 Å². The first kappa shape index (κ1) is 16.6. The van der Waals surface area contributed by atoms with E-state index in [4.69, 9.17) is 4.74 Å². The molecule has 2 rings (SSSR count). The Labute approximate surface area is 134 Å². The maximum atomic E-state index is 11.9. The molecular formula is C17H21N3O3. The second-order valence-corrected chi connectivity index (χ2v) is 5.29. The fraction of sp³-hybridized carbons (Fsp3) is 0.294. The predicted octanol–water partition coefficient (Wildman–Crippen LogP) is 2.00. The van der Waals surface area contributed by atoms with E-state index in [1.54, 1.807) is 7.11 Å². The largest absolute Gasteiger partial charge is 0.496 e. The van der Waals surface area contributed by atoms with E-state index in [0.717, 1.165) is 22.6 Å². The Morgan fingerprint density at radius 1 is 1.17 bits per heavy atom. The molecule has 0 fully saturated rings. The van der Waals surface area contributed by atoms with Gasteiger partial charge < -0.3 is 20.4 Å². The molecule has 6 nitrogen and oxygen atoms in total. The van der Waals surface area contributed by atoms with Gasteiger partial charge in [0.25, 0.3) is 5.56 Å². The lowest BCUT2D eigenvalue weighted by atomic mass is 10.1. The highest BCUT2D eigenvalue weighted by atomic mass is 16.5. The van der Waals surface area contributed by atoms with E-state index in [2.05, 4.69) is 15.6 Å². The zero-order valence-corrected chi connectivity index (χ0v) is 13.5. The maximum Gasteiger partial charge on any atom is 0.315 e. The summed E-state index contributed by atoms with van der Waals surface area (Å²) < 4.78 is 5.23. The summed E-state index contributed by atoms with van der Waals surface area (Å²) in [5, 5.41) is 5.45. The summed E-state index contributed by atoms with van der Waals surface area (Å²) in [6, 6.07) is 9.01. The van der Waals surface area contributed by atoms with Crippen molar-refractivity contribution in [3.05, 3.63) is 63.1 Å². The normalized spacial score (nSPS) is 10.2. The smallest absolute Gasteiger partial charge is 0.315 e. The van der Waals surface area contributed by atoms with Crippen LogP contribution in [-0.4, -0.2) is 18.1 Å². The number of para-hydroxylation sites is 1. The number of hydrogen-bond acceptors (Lipinski definition) is 3. The van der Waals surface area contributed by atoms with Crippen molar-refractivity contribution in [3.63, 3.8) is 0 Å². The molecular weight excluding hydrogens is 294 g/mol. The van der Waals surface area contributed by atoms with Crippen LogP contribution in [0, 0.1) is 13.8 Å². The molecule has 0 atom stereocenters. The highest BCUT2D eigenvalue weighted by Gasteiger charge is 2.08. The molecule has 23 heavy (non-hydrogen) atoms. The first-order valence-corrected chi connectivity index (χ1v) is 7.34. The molecule has 0 aliphatic carbocycles. The number of pyridine rings is 1. The summed E-state index contributed by atoms with van der Waals surface area (Å²) in [6.45, 7) is 4.20. The van der Waals surface area contributed by atoms with Crippen molar-refractivity contribution in [3.8, 4) is 5.75 Å². The molecule has 6 heteroatoms. The van der Waals surface area contributed by atoms with Crippen molar-refractivity contribution < 1.29 is 9.53 Å². The average molecular weight is 315 g/mol. The fourth-order valence-corrected chi connectivity index (χ4v) is 2.36. The zero-order chi connectivity index (χ0) is 16.8. The van der Waals surface area contributed by atoms with Gasteiger partial charge in [-0.3, -0.25) is 4.79 Å². The standard InChI is InChI=1S/C17H21N3O3/c1-11-8-12(2)20-16(21)14(11)10-19-17(22)18-9-13-6-4-5-7-15(13)23-3/h4-8H,9-10H2,1-3H3,(H,20,21)(H2,18,19,22). The Bertz CT molecular complexity index is 753. The Morgan fingerprint density at radius 3 is 2.57 bits per heavy atom. The molecule has 0 radical (unpaired) electrons. The fourth-order valence-electron chi connectivity index (χ4n) is 2.36. The molecule has 0 aliphatic rings. The van der Waals surface area contributed by atoms with Crippen LogP contribution in [0.25, 0.3) is 0 Å². The lowest BCUT2D eigenvalue weighted by molar-refractivity contribution is 0.240. The van der Waals surface area contributed by atoms with Gasteiger partial charge in [-0.1, -0.05) is 18.2 Å². The van der Waals surface area contributed by atoms with Gasteiger partial charge in [0.2, 0.25) is 0 Å². The van der Waals surface area contributed by atoms with Gasteiger partial charge in [-0.25, -0.2) is 4.79 Å². The molecule has 2 amide bonds. The van der Waals surface area contributed by atoms with Gasteiger partial charge in [0.15, 0.2) is 0 Å². The summed E-state index contributed by atoms with van der Waals surface area (Å²) in [7, 11) is 1.59. The third kappa shape index (κ3) is 4.35. The highest BCUT2D eigenvalue weighted by Crippen LogP contribution is 2.16. The number of rotatable bonds is 5. The van der Waals surface area contributed by atoms with Crippen LogP contribution < -0.4 is 20.9 Å². The SMILES string of the molecule is COc1ccccc1CNC(=O)NCc1c(C)cc(C)[nH]c1=O. The number of benzene rings is 1. The van der Waals surface area contributed by atoms with E-state index in [0.29, 0.717) is 12.1 Å². The first-order valence-electron chi connectivity index (χ1n) is 7.34. The van der Waals surface area contributed by atoms with E-state index in [9.17, 15) is 9.59 Å². The number of aryl methyl sites for hydroxylation is 2. The second kappa shape index (κ2) is 7.49. The van der Waals surface area contributed by atoms with Crippen molar-refractivity contribution >= 4 is 6.03 Å². The minimum absolute atomic E-state index is 0.174. The Kier molecular flexibility index (Phi) is 5.41. The zero-order valence-electron chi connectivity index (χ0n) is 13.5. The molecule has 0 aliphatic heterocycles. The van der Waals surface area contributed by atoms with Crippen LogP contribution in [0.1, 0.15) is 22.4 Å². The average Bonchev–Trinajstić information content (AvgIpc) is 2.52. The molecule has 0 saturated carbocycles. The van der Waals surface area contributed by atoms with E-state index in [1.165, 1.54) is 0 Å². The molecule has 0 saturated heterocycles. The van der Waals surface area contributed by atoms with Gasteiger partial charge >= 0.3 is 6.03 Å². The summed E-state index contributed by atoms with van der Waals surface area (Å²) >= 11 is 0. The Hall–Kier alpha value is -2.76. The van der Waals surface area contributed by atoms with Crippen LogP contribution in [-0.2, 0) is 13.1 Å². The van der Waals surface area contributed by atoms with E-state index in [1.807, 2.05) is 44.2 Å². The lowest BCUT2D eigenvalue weighted by Gasteiger charge is -2.11. The van der Waals surface area contributed by atoms with Crippen LogP contribution in [0.5, 0.6) is 5.75 Å². The molecule has 122 valence electrons. The number of aromatic amines is 1. The minimum atomic E-state index is -0.338. The van der Waals surface area contributed by atoms with Gasteiger partial charge in [-0.2, -0.15) is 0 Å². The van der Waals surface area contributed by atoms with Crippen LogP contribution in [0.3, 0.4) is 0 Å². The quantitative estimate of drug-likeness (QED) is 0.789. The summed E-state index contributed by atoms with van der Waals surface area (Å²) in [4.78, 5) is 26.5. The van der Waals surface area contributed by atoms with Crippen LogP contribution in [0.15, 0.2) is 35.1 Å². The second-order valence-electron chi connectivity index (χ2n) is 5.29. The number of nitrogens with one attached hydrogen (secondary N) is 3. The topological polar surface area (TPSA) is 83.2 Å². The molecule has 0 bridgehead atoms. The lowest BCUT2D eigenvalue weighted by Crippen LogP contribution is -2.36. The van der Waals surface area contributed by atoms with Gasteiger partial charge in [0.1, 0.15) is 5.75 Å². The van der Waals surface area contributed by atoms with Crippen molar-refractivity contribution in [1.29, 1.82) is 0 Å². The first-order chi connectivity index (χ1) is 11.0. The molecule has 2 aromatic rings. The highest BCUT2D eigenvalue weighted by molar-refractivity contribution is 5.73. The predicted molar refractivity (Wildman–Crippen MR) is 88.6 cm³/mol. The van der Waals surface area contributed by atoms with E-state index >= 15 is 0 Å². The van der Waals surface area contributed by atoms with Gasteiger partial charge in [-0.15, -0.1) is 0 Å². The number of ether oxygens (including phenoxy) is 1. The number of hydrogen-bond donors (Lipinski definition) is 3. The molecule has 0 unspecified atom stereocenters. The third-order valence-electron chi connectivity index (χ3n) is 3.55. The Balaban J connectivity index is 1.92. The molecule has 1 aromatic carbocycles. The molecule has 1 heterocycles. The van der Waals surface area contributed by atoms with Crippen molar-refractivity contribution in [2.45, 2.75) is 26.9 Å². The number of carbonyl (C=O) groups excluding carboxylic acids is 1.